The van der Waals surface area contributed by atoms with Gasteiger partial charge in [-0.15, -0.1) is 17.0 Å². The van der Waals surface area contributed by atoms with Gasteiger partial charge in [-0.3, -0.25) is 0 Å². The summed E-state index contributed by atoms with van der Waals surface area (Å²) in [6.07, 6.45) is 16.4. The van der Waals surface area contributed by atoms with Crippen LogP contribution in [0.3, 0.4) is 0 Å². The molecule has 1 unspecified atom stereocenters. The molecule has 0 saturated carbocycles. The highest BCUT2D eigenvalue weighted by atomic mass is 79.9. The van der Waals surface area contributed by atoms with Gasteiger partial charge in [0.1, 0.15) is 6.61 Å². The molecule has 0 aromatic rings. The second kappa shape index (κ2) is 18.7. The first kappa shape index (κ1) is 29.8. The van der Waals surface area contributed by atoms with Gasteiger partial charge in [0, 0.05) is 18.2 Å². The minimum Gasteiger partial charge on any atom is -0.461 e. The van der Waals surface area contributed by atoms with Crippen LogP contribution in [0.5, 0.6) is 0 Å². The van der Waals surface area contributed by atoms with Crippen molar-refractivity contribution in [3.05, 3.63) is 12.2 Å². The standard InChI is InChI=1S/C24H47NO2.BrH/c1-7-8-9-10-11-12-13-14-15-16-17-18-22(24(4,5)6)25-19-20-27-23(26)21(2)3;/h22,25H,2,7-20H2,1,3-6H3;1H. The molecule has 168 valence electrons. The van der Waals surface area contributed by atoms with Gasteiger partial charge in [-0.05, 0) is 18.8 Å². The first-order chi connectivity index (χ1) is 12.8. The van der Waals surface area contributed by atoms with Gasteiger partial charge in [-0.25, -0.2) is 4.79 Å². The van der Waals surface area contributed by atoms with Crippen LogP contribution in [0.2, 0.25) is 0 Å². The minimum atomic E-state index is -0.297. The van der Waals surface area contributed by atoms with Crippen LogP contribution in [0.15, 0.2) is 12.2 Å². The van der Waals surface area contributed by atoms with E-state index in [1.807, 2.05) is 0 Å². The Bertz CT molecular complexity index is 391. The van der Waals surface area contributed by atoms with Crippen LogP contribution < -0.4 is 5.32 Å². The summed E-state index contributed by atoms with van der Waals surface area (Å²) in [5, 5.41) is 3.58. The quantitative estimate of drug-likeness (QED) is 0.139. The minimum absolute atomic E-state index is 0. The van der Waals surface area contributed by atoms with Gasteiger partial charge >= 0.3 is 5.97 Å². The number of ether oxygens (including phenoxy) is 1. The Morgan fingerprint density at radius 2 is 1.39 bits per heavy atom. The van der Waals surface area contributed by atoms with Gasteiger partial charge in [-0.1, -0.05) is 105 Å². The Kier molecular flexibility index (Phi) is 19.9. The molecule has 28 heavy (non-hydrogen) atoms. The van der Waals surface area contributed by atoms with Gasteiger partial charge < -0.3 is 10.1 Å². The molecule has 0 rings (SSSR count). The van der Waals surface area contributed by atoms with E-state index >= 15 is 0 Å². The van der Waals surface area contributed by atoms with Gasteiger partial charge in [-0.2, -0.15) is 0 Å². The molecule has 0 bridgehead atoms. The summed E-state index contributed by atoms with van der Waals surface area (Å²) in [6.45, 7) is 15.5. The Morgan fingerprint density at radius 1 is 0.929 bits per heavy atom. The average molecular weight is 463 g/mol. The average Bonchev–Trinajstić information content (AvgIpc) is 2.59. The molecule has 1 N–H and O–H groups in total. The number of rotatable bonds is 17. The molecular formula is C24H48BrNO2. The lowest BCUT2D eigenvalue weighted by atomic mass is 9.83. The zero-order chi connectivity index (χ0) is 20.5. The molecule has 0 aliphatic heterocycles. The molecule has 0 radical (unpaired) electrons. The predicted octanol–water partition coefficient (Wildman–Crippen LogP) is 7.39. The maximum absolute atomic E-state index is 11.4. The van der Waals surface area contributed by atoms with Gasteiger partial charge in [0.25, 0.3) is 0 Å². The molecule has 0 aliphatic carbocycles. The lowest BCUT2D eigenvalue weighted by Crippen LogP contribution is -2.42. The first-order valence-electron chi connectivity index (χ1n) is 11.3. The summed E-state index contributed by atoms with van der Waals surface area (Å²) in [6, 6.07) is 0.458. The van der Waals surface area contributed by atoms with E-state index in [9.17, 15) is 4.79 Å². The normalized spacial score (nSPS) is 12.3. The van der Waals surface area contributed by atoms with Crippen LogP contribution in [-0.4, -0.2) is 25.2 Å². The number of hydrogen-bond donors (Lipinski definition) is 1. The fourth-order valence-electron chi connectivity index (χ4n) is 3.35. The summed E-state index contributed by atoms with van der Waals surface area (Å²) in [5.41, 5.74) is 0.681. The molecule has 0 saturated heterocycles. The summed E-state index contributed by atoms with van der Waals surface area (Å²) < 4.78 is 5.18. The lowest BCUT2D eigenvalue weighted by molar-refractivity contribution is -0.138. The SMILES string of the molecule is Br.C=C(C)C(=O)OCCNC(CCCCCCCCCCCCC)C(C)(C)C. The summed E-state index contributed by atoms with van der Waals surface area (Å²) in [7, 11) is 0. The lowest BCUT2D eigenvalue weighted by Gasteiger charge is -2.32. The van der Waals surface area contributed by atoms with Gasteiger partial charge in [0.2, 0.25) is 0 Å². The number of hydrogen-bond acceptors (Lipinski definition) is 3. The largest absolute Gasteiger partial charge is 0.461 e. The van der Waals surface area contributed by atoms with Crippen LogP contribution in [0.4, 0.5) is 0 Å². The molecule has 1 atom stereocenters. The smallest absolute Gasteiger partial charge is 0.333 e. The summed E-state index contributed by atoms with van der Waals surface area (Å²) in [5.74, 6) is -0.297. The van der Waals surface area contributed by atoms with Gasteiger partial charge in [0.05, 0.1) is 0 Å². The highest BCUT2D eigenvalue weighted by Crippen LogP contribution is 2.24. The maximum Gasteiger partial charge on any atom is 0.333 e. The Morgan fingerprint density at radius 3 is 1.82 bits per heavy atom. The molecule has 0 amide bonds. The fourth-order valence-corrected chi connectivity index (χ4v) is 3.35. The van der Waals surface area contributed by atoms with Crippen molar-refractivity contribution in [2.24, 2.45) is 5.41 Å². The second-order valence-electron chi connectivity index (χ2n) is 9.11. The third-order valence-corrected chi connectivity index (χ3v) is 5.22. The van der Waals surface area contributed by atoms with Gasteiger partial charge in [0.15, 0.2) is 0 Å². The molecule has 0 aromatic heterocycles. The Hall–Kier alpha value is -0.350. The number of esters is 1. The van der Waals surface area contributed by atoms with Crippen molar-refractivity contribution in [3.8, 4) is 0 Å². The van der Waals surface area contributed by atoms with Crippen molar-refractivity contribution in [3.63, 3.8) is 0 Å². The van der Waals surface area contributed by atoms with Crippen LogP contribution in [0, 0.1) is 5.41 Å². The van der Waals surface area contributed by atoms with E-state index < -0.39 is 0 Å². The van der Waals surface area contributed by atoms with Crippen LogP contribution in [-0.2, 0) is 9.53 Å². The van der Waals surface area contributed by atoms with Crippen LogP contribution in [0.1, 0.15) is 112 Å². The third kappa shape index (κ3) is 17.7. The van der Waals surface area contributed by atoms with E-state index in [0.29, 0.717) is 24.8 Å². The molecule has 0 spiro atoms. The number of nitrogens with one attached hydrogen (secondary N) is 1. The zero-order valence-corrected chi connectivity index (χ0v) is 21.1. The van der Waals surface area contributed by atoms with Crippen molar-refractivity contribution < 1.29 is 9.53 Å². The highest BCUT2D eigenvalue weighted by Gasteiger charge is 2.23. The maximum atomic E-state index is 11.4. The van der Waals surface area contributed by atoms with E-state index in [2.05, 4.69) is 39.6 Å². The molecule has 0 heterocycles. The van der Waals surface area contributed by atoms with Crippen LogP contribution in [0.25, 0.3) is 0 Å². The Balaban J connectivity index is 0. The summed E-state index contributed by atoms with van der Waals surface area (Å²) >= 11 is 0. The van der Waals surface area contributed by atoms with E-state index in [-0.39, 0.29) is 28.4 Å². The zero-order valence-electron chi connectivity index (χ0n) is 19.4. The molecule has 4 heteroatoms. The number of carbonyl (C=O) groups excluding carboxylic acids is 1. The van der Waals surface area contributed by atoms with Crippen molar-refractivity contribution in [1.29, 1.82) is 0 Å². The summed E-state index contributed by atoms with van der Waals surface area (Å²) in [4.78, 5) is 11.4. The van der Waals surface area contributed by atoms with E-state index in [0.717, 1.165) is 0 Å². The van der Waals surface area contributed by atoms with E-state index in [1.54, 1.807) is 6.92 Å². The topological polar surface area (TPSA) is 38.3 Å². The fraction of sp³-hybridized carbons (Fsp3) is 0.875. The van der Waals surface area contributed by atoms with Crippen LogP contribution >= 0.6 is 17.0 Å². The second-order valence-corrected chi connectivity index (χ2v) is 9.11. The van der Waals surface area contributed by atoms with Crippen molar-refractivity contribution in [2.75, 3.05) is 13.2 Å². The highest BCUT2D eigenvalue weighted by molar-refractivity contribution is 8.93. The van der Waals surface area contributed by atoms with Crippen molar-refractivity contribution >= 4 is 23.0 Å². The Labute approximate surface area is 186 Å². The molecule has 3 nitrogen and oxygen atoms in total. The molecular weight excluding hydrogens is 414 g/mol. The molecule has 0 fully saturated rings. The molecule has 0 aromatic carbocycles. The van der Waals surface area contributed by atoms with Crippen molar-refractivity contribution in [2.45, 2.75) is 118 Å². The third-order valence-electron chi connectivity index (χ3n) is 5.22. The number of halogens is 1. The number of carbonyl (C=O) groups is 1. The first-order valence-corrected chi connectivity index (χ1v) is 11.3. The monoisotopic (exact) mass is 461 g/mol. The van der Waals surface area contributed by atoms with E-state index in [1.165, 1.54) is 77.0 Å². The number of unbranched alkanes of at least 4 members (excludes halogenated alkanes) is 10. The van der Waals surface area contributed by atoms with E-state index in [4.69, 9.17) is 4.74 Å². The van der Waals surface area contributed by atoms with Crippen molar-refractivity contribution in [1.82, 2.24) is 5.32 Å². The molecule has 0 aliphatic rings. The predicted molar refractivity (Wildman–Crippen MR) is 128 cm³/mol.